The van der Waals surface area contributed by atoms with Gasteiger partial charge in [-0.15, -0.1) is 0 Å². The lowest BCUT2D eigenvalue weighted by Crippen LogP contribution is -2.01. The standard InChI is InChI=1S/C15H14FNO4/c16-13-7-11(8-14(9-13)17(19)20)10-21-15-4-2-1-3-12(15)5-6-18/h1-4,7-9,18H,5-6,10H2. The zero-order valence-corrected chi connectivity index (χ0v) is 11.2. The predicted octanol–water partition coefficient (Wildman–Crippen LogP) is 2.85. The van der Waals surface area contributed by atoms with Crippen molar-refractivity contribution in [1.82, 2.24) is 0 Å². The number of aliphatic hydroxyl groups is 1. The molecule has 0 aromatic heterocycles. The minimum atomic E-state index is -0.675. The Morgan fingerprint density at radius 2 is 2.00 bits per heavy atom. The molecule has 0 heterocycles. The largest absolute Gasteiger partial charge is 0.489 e. The van der Waals surface area contributed by atoms with Crippen LogP contribution in [-0.2, 0) is 13.0 Å². The fraction of sp³-hybridized carbons (Fsp3) is 0.200. The lowest BCUT2D eigenvalue weighted by molar-refractivity contribution is -0.385. The highest BCUT2D eigenvalue weighted by Crippen LogP contribution is 2.22. The molecule has 0 atom stereocenters. The molecule has 2 rings (SSSR count). The molecule has 6 heteroatoms. The first-order chi connectivity index (χ1) is 10.1. The van der Waals surface area contributed by atoms with Crippen LogP contribution in [0.5, 0.6) is 5.75 Å². The molecule has 0 aliphatic carbocycles. The van der Waals surface area contributed by atoms with Gasteiger partial charge in [0.25, 0.3) is 5.69 Å². The summed E-state index contributed by atoms with van der Waals surface area (Å²) in [6, 6.07) is 10.5. The maximum atomic E-state index is 13.3. The van der Waals surface area contributed by atoms with Gasteiger partial charge in [-0.3, -0.25) is 10.1 Å². The van der Waals surface area contributed by atoms with E-state index in [0.717, 1.165) is 11.6 Å². The molecule has 2 aromatic rings. The smallest absolute Gasteiger partial charge is 0.272 e. The number of nitro groups is 1. The van der Waals surface area contributed by atoms with E-state index in [1.54, 1.807) is 12.1 Å². The van der Waals surface area contributed by atoms with Crippen LogP contribution in [-0.4, -0.2) is 16.6 Å². The van der Waals surface area contributed by atoms with Crippen molar-refractivity contribution in [3.63, 3.8) is 0 Å². The fourth-order valence-electron chi connectivity index (χ4n) is 1.95. The van der Waals surface area contributed by atoms with Crippen molar-refractivity contribution in [3.05, 3.63) is 69.5 Å². The molecule has 0 amide bonds. The summed E-state index contributed by atoms with van der Waals surface area (Å²) in [5, 5.41) is 19.7. The zero-order valence-electron chi connectivity index (χ0n) is 11.2. The maximum Gasteiger partial charge on any atom is 0.272 e. The van der Waals surface area contributed by atoms with Crippen LogP contribution in [0.2, 0.25) is 0 Å². The highest BCUT2D eigenvalue weighted by atomic mass is 19.1. The van der Waals surface area contributed by atoms with Crippen LogP contribution in [0.15, 0.2) is 42.5 Å². The summed E-state index contributed by atoms with van der Waals surface area (Å²) in [5.74, 6) is -0.107. The first kappa shape index (κ1) is 14.9. The van der Waals surface area contributed by atoms with Gasteiger partial charge >= 0.3 is 0 Å². The van der Waals surface area contributed by atoms with Crippen LogP contribution in [0.25, 0.3) is 0 Å². The number of hydrogen-bond donors (Lipinski definition) is 1. The summed E-state index contributed by atoms with van der Waals surface area (Å²) >= 11 is 0. The van der Waals surface area contributed by atoms with Crippen LogP contribution >= 0.6 is 0 Å². The lowest BCUT2D eigenvalue weighted by Gasteiger charge is -2.10. The van der Waals surface area contributed by atoms with E-state index < -0.39 is 10.7 Å². The molecule has 0 saturated carbocycles. The summed E-state index contributed by atoms with van der Waals surface area (Å²) in [5.41, 5.74) is 0.892. The lowest BCUT2D eigenvalue weighted by atomic mass is 10.1. The first-order valence-electron chi connectivity index (χ1n) is 6.35. The molecule has 2 aromatic carbocycles. The van der Waals surface area contributed by atoms with Crippen molar-refractivity contribution in [2.24, 2.45) is 0 Å². The molecule has 0 aliphatic rings. The van der Waals surface area contributed by atoms with Crippen molar-refractivity contribution in [2.75, 3.05) is 6.61 Å². The molecule has 5 nitrogen and oxygen atoms in total. The molecule has 0 fully saturated rings. The molecule has 21 heavy (non-hydrogen) atoms. The molecule has 0 bridgehead atoms. The van der Waals surface area contributed by atoms with E-state index in [2.05, 4.69) is 0 Å². The second-order valence-electron chi connectivity index (χ2n) is 4.44. The molecule has 0 spiro atoms. The number of hydrogen-bond acceptors (Lipinski definition) is 4. The van der Waals surface area contributed by atoms with Gasteiger partial charge < -0.3 is 9.84 Å². The summed E-state index contributed by atoms with van der Waals surface area (Å²) in [6.45, 7) is 0.00680. The first-order valence-corrected chi connectivity index (χ1v) is 6.35. The Bertz CT molecular complexity index is 645. The third kappa shape index (κ3) is 4.00. The summed E-state index contributed by atoms with van der Waals surface area (Å²) < 4.78 is 18.9. The van der Waals surface area contributed by atoms with E-state index in [1.165, 1.54) is 12.1 Å². The van der Waals surface area contributed by atoms with Crippen molar-refractivity contribution < 1.29 is 19.2 Å². The summed E-state index contributed by atoms with van der Waals surface area (Å²) in [7, 11) is 0. The van der Waals surface area contributed by atoms with Crippen molar-refractivity contribution >= 4 is 5.69 Å². The van der Waals surface area contributed by atoms with Gasteiger partial charge in [0.1, 0.15) is 18.2 Å². The minimum absolute atomic E-state index is 0.00812. The Hall–Kier alpha value is -2.47. The molecule has 0 radical (unpaired) electrons. The molecule has 0 aliphatic heterocycles. The average Bonchev–Trinajstić information content (AvgIpc) is 2.46. The molecule has 0 saturated heterocycles. The van der Waals surface area contributed by atoms with Crippen LogP contribution in [0, 0.1) is 15.9 Å². The Kier molecular flexibility index (Phi) is 4.84. The van der Waals surface area contributed by atoms with Crippen molar-refractivity contribution in [1.29, 1.82) is 0 Å². The van der Waals surface area contributed by atoms with E-state index >= 15 is 0 Å². The summed E-state index contributed by atoms with van der Waals surface area (Å²) in [4.78, 5) is 10.0. The van der Waals surface area contributed by atoms with Gasteiger partial charge in [0, 0.05) is 12.7 Å². The molecular weight excluding hydrogens is 277 g/mol. The number of ether oxygens (including phenoxy) is 1. The van der Waals surface area contributed by atoms with E-state index in [9.17, 15) is 14.5 Å². The SMILES string of the molecule is O=[N+]([O-])c1cc(F)cc(COc2ccccc2CCO)c1. The van der Waals surface area contributed by atoms with Gasteiger partial charge in [-0.25, -0.2) is 4.39 Å². The van der Waals surface area contributed by atoms with Crippen LogP contribution < -0.4 is 4.74 Å². The van der Waals surface area contributed by atoms with Crippen LogP contribution in [0.4, 0.5) is 10.1 Å². The number of nitrogens with zero attached hydrogens (tertiary/aromatic N) is 1. The normalized spacial score (nSPS) is 10.4. The Labute approximate surface area is 120 Å². The number of benzene rings is 2. The molecule has 0 unspecified atom stereocenters. The van der Waals surface area contributed by atoms with Gasteiger partial charge in [-0.05, 0) is 29.7 Å². The molecular formula is C15H14FNO4. The van der Waals surface area contributed by atoms with E-state index in [-0.39, 0.29) is 18.9 Å². The number of halogens is 1. The topological polar surface area (TPSA) is 72.6 Å². The quantitative estimate of drug-likeness (QED) is 0.656. The van der Waals surface area contributed by atoms with Gasteiger partial charge in [0.2, 0.25) is 0 Å². The third-order valence-electron chi connectivity index (χ3n) is 2.90. The number of rotatable bonds is 6. The third-order valence-corrected chi connectivity index (χ3v) is 2.90. The minimum Gasteiger partial charge on any atom is -0.489 e. The monoisotopic (exact) mass is 291 g/mol. The van der Waals surface area contributed by atoms with Gasteiger partial charge in [-0.1, -0.05) is 18.2 Å². The second kappa shape index (κ2) is 6.81. The summed E-state index contributed by atoms with van der Waals surface area (Å²) in [6.07, 6.45) is 0.444. The van der Waals surface area contributed by atoms with E-state index in [4.69, 9.17) is 9.84 Å². The number of non-ortho nitro benzene ring substituents is 1. The molecule has 110 valence electrons. The number of para-hydroxylation sites is 1. The van der Waals surface area contributed by atoms with Gasteiger partial charge in [-0.2, -0.15) is 0 Å². The van der Waals surface area contributed by atoms with Crippen molar-refractivity contribution in [2.45, 2.75) is 13.0 Å². The highest BCUT2D eigenvalue weighted by Gasteiger charge is 2.11. The van der Waals surface area contributed by atoms with Gasteiger partial charge in [0.05, 0.1) is 11.0 Å². The maximum absolute atomic E-state index is 13.3. The van der Waals surface area contributed by atoms with Crippen molar-refractivity contribution in [3.8, 4) is 5.75 Å². The zero-order chi connectivity index (χ0) is 15.2. The number of aliphatic hydroxyl groups excluding tert-OH is 1. The predicted molar refractivity (Wildman–Crippen MR) is 74.6 cm³/mol. The van der Waals surface area contributed by atoms with Crippen LogP contribution in [0.3, 0.4) is 0 Å². The second-order valence-corrected chi connectivity index (χ2v) is 4.44. The van der Waals surface area contributed by atoms with Gasteiger partial charge in [0.15, 0.2) is 0 Å². The number of nitro benzene ring substituents is 1. The fourth-order valence-corrected chi connectivity index (χ4v) is 1.95. The Morgan fingerprint density at radius 3 is 2.71 bits per heavy atom. The van der Waals surface area contributed by atoms with E-state index in [1.807, 2.05) is 12.1 Å². The highest BCUT2D eigenvalue weighted by molar-refractivity contribution is 5.36. The Morgan fingerprint density at radius 1 is 1.24 bits per heavy atom. The Balaban J connectivity index is 2.15. The van der Waals surface area contributed by atoms with E-state index in [0.29, 0.717) is 17.7 Å². The molecule has 1 N–H and O–H groups in total. The van der Waals surface area contributed by atoms with Crippen LogP contribution in [0.1, 0.15) is 11.1 Å². The average molecular weight is 291 g/mol.